The molecule has 5 nitrogen and oxygen atoms in total. The van der Waals surface area contributed by atoms with Crippen LogP contribution in [0.2, 0.25) is 10.0 Å². The summed E-state index contributed by atoms with van der Waals surface area (Å²) in [6.45, 7) is 5.37. The van der Waals surface area contributed by atoms with Gasteiger partial charge in [0, 0.05) is 5.02 Å². The topological polar surface area (TPSA) is 80.7 Å². The van der Waals surface area contributed by atoms with Gasteiger partial charge >= 0.3 is 5.97 Å². The first-order valence-electron chi connectivity index (χ1n) is 6.03. The number of sulfone groups is 1. The van der Waals surface area contributed by atoms with Crippen LogP contribution >= 0.6 is 23.2 Å². The first-order valence-corrected chi connectivity index (χ1v) is 8.44. The highest BCUT2D eigenvalue weighted by atomic mass is 35.5. The van der Waals surface area contributed by atoms with E-state index in [1.54, 1.807) is 20.8 Å². The summed E-state index contributed by atoms with van der Waals surface area (Å²) < 4.78 is 29.9. The molecule has 0 aliphatic heterocycles. The summed E-state index contributed by atoms with van der Waals surface area (Å²) in [4.78, 5) is 10.7. The molecule has 118 valence electrons. The molecular formula is C13H16Cl2O5S. The van der Waals surface area contributed by atoms with E-state index in [4.69, 9.17) is 33.0 Å². The number of carboxylic acids is 1. The van der Waals surface area contributed by atoms with Crippen LogP contribution < -0.4 is 0 Å². The van der Waals surface area contributed by atoms with Crippen LogP contribution in [0.15, 0.2) is 17.0 Å². The van der Waals surface area contributed by atoms with E-state index in [2.05, 4.69) is 0 Å². The molecule has 1 N–H and O–H groups in total. The van der Waals surface area contributed by atoms with Gasteiger partial charge in [-0.15, -0.1) is 0 Å². The smallest absolute Gasteiger partial charge is 0.337 e. The molecule has 1 aromatic rings. The van der Waals surface area contributed by atoms with Crippen LogP contribution in [0.3, 0.4) is 0 Å². The van der Waals surface area contributed by atoms with Crippen molar-refractivity contribution in [1.82, 2.24) is 0 Å². The summed E-state index contributed by atoms with van der Waals surface area (Å²) in [6, 6.07) is 2.25. The minimum Gasteiger partial charge on any atom is -0.478 e. The molecule has 0 radical (unpaired) electrons. The maximum absolute atomic E-state index is 12.2. The van der Waals surface area contributed by atoms with Crippen molar-refractivity contribution in [3.8, 4) is 0 Å². The average molecular weight is 355 g/mol. The standard InChI is InChI=1S/C13H16Cl2O5S/c1-13(2,3)20-4-5-21(18,19)10-7-8(14)6-9(11(10)15)12(16)17/h6-7H,4-5H2,1-3H3,(H,16,17). The number of hydrogen-bond acceptors (Lipinski definition) is 4. The van der Waals surface area contributed by atoms with Gasteiger partial charge in [0.1, 0.15) is 0 Å². The minimum atomic E-state index is -3.80. The molecule has 0 spiro atoms. The Labute approximate surface area is 133 Å². The van der Waals surface area contributed by atoms with E-state index in [0.29, 0.717) is 0 Å². The number of carboxylic acid groups (broad SMARTS) is 1. The van der Waals surface area contributed by atoms with Gasteiger partial charge in [0.25, 0.3) is 0 Å². The van der Waals surface area contributed by atoms with E-state index in [9.17, 15) is 13.2 Å². The molecule has 0 unspecified atom stereocenters. The number of halogens is 2. The third-order valence-corrected chi connectivity index (χ3v) is 4.89. The number of rotatable bonds is 5. The van der Waals surface area contributed by atoms with Crippen molar-refractivity contribution in [2.45, 2.75) is 31.3 Å². The monoisotopic (exact) mass is 354 g/mol. The maximum Gasteiger partial charge on any atom is 0.337 e. The molecular weight excluding hydrogens is 339 g/mol. The molecule has 0 saturated carbocycles. The van der Waals surface area contributed by atoms with Crippen molar-refractivity contribution in [2.75, 3.05) is 12.4 Å². The molecule has 0 atom stereocenters. The summed E-state index contributed by atoms with van der Waals surface area (Å²) in [7, 11) is -3.80. The van der Waals surface area contributed by atoms with Crippen molar-refractivity contribution in [3.63, 3.8) is 0 Å². The molecule has 0 aliphatic carbocycles. The van der Waals surface area contributed by atoms with Crippen molar-refractivity contribution < 1.29 is 23.1 Å². The number of benzene rings is 1. The van der Waals surface area contributed by atoms with Crippen LogP contribution in [0.4, 0.5) is 0 Å². The Kier molecular flexibility index (Phi) is 5.66. The molecule has 1 rings (SSSR count). The second kappa shape index (κ2) is 6.52. The Morgan fingerprint density at radius 3 is 2.33 bits per heavy atom. The van der Waals surface area contributed by atoms with Gasteiger partial charge < -0.3 is 9.84 Å². The van der Waals surface area contributed by atoms with Crippen LogP contribution in [-0.4, -0.2) is 37.5 Å². The summed E-state index contributed by atoms with van der Waals surface area (Å²) >= 11 is 11.6. The first-order chi connectivity index (χ1) is 9.44. The van der Waals surface area contributed by atoms with Crippen LogP contribution in [-0.2, 0) is 14.6 Å². The van der Waals surface area contributed by atoms with Crippen LogP contribution in [0, 0.1) is 0 Å². The van der Waals surface area contributed by atoms with E-state index in [0.717, 1.165) is 12.1 Å². The molecule has 0 bridgehead atoms. The van der Waals surface area contributed by atoms with Crippen molar-refractivity contribution >= 4 is 39.0 Å². The van der Waals surface area contributed by atoms with Gasteiger partial charge in [-0.1, -0.05) is 23.2 Å². The summed E-state index contributed by atoms with van der Waals surface area (Å²) in [5.41, 5.74) is -0.820. The zero-order valence-electron chi connectivity index (χ0n) is 11.8. The van der Waals surface area contributed by atoms with E-state index in [1.165, 1.54) is 0 Å². The largest absolute Gasteiger partial charge is 0.478 e. The molecule has 21 heavy (non-hydrogen) atoms. The lowest BCUT2D eigenvalue weighted by Crippen LogP contribution is -2.24. The zero-order valence-corrected chi connectivity index (χ0v) is 14.1. The summed E-state index contributed by atoms with van der Waals surface area (Å²) in [5, 5.41) is 8.65. The summed E-state index contributed by atoms with van der Waals surface area (Å²) in [6.07, 6.45) is 0. The maximum atomic E-state index is 12.2. The van der Waals surface area contributed by atoms with Crippen LogP contribution in [0.1, 0.15) is 31.1 Å². The number of aromatic carboxylic acids is 1. The third-order valence-electron chi connectivity index (χ3n) is 2.46. The van der Waals surface area contributed by atoms with Gasteiger partial charge in [0.05, 0.1) is 33.4 Å². The summed E-state index contributed by atoms with van der Waals surface area (Å²) in [5.74, 6) is -1.66. The molecule has 0 aromatic heterocycles. The Balaban J connectivity index is 3.12. The highest BCUT2D eigenvalue weighted by Crippen LogP contribution is 2.30. The van der Waals surface area contributed by atoms with Crippen LogP contribution in [0.5, 0.6) is 0 Å². The highest BCUT2D eigenvalue weighted by Gasteiger charge is 2.24. The lowest BCUT2D eigenvalue weighted by Gasteiger charge is -2.19. The lowest BCUT2D eigenvalue weighted by molar-refractivity contribution is 0.00644. The van der Waals surface area contributed by atoms with E-state index < -0.39 is 21.4 Å². The Bertz CT molecular complexity index is 647. The SMILES string of the molecule is CC(C)(C)OCCS(=O)(=O)c1cc(Cl)cc(C(=O)O)c1Cl. The molecule has 0 amide bonds. The number of ether oxygens (including phenoxy) is 1. The average Bonchev–Trinajstić information content (AvgIpc) is 2.29. The van der Waals surface area contributed by atoms with Gasteiger partial charge in [-0.2, -0.15) is 0 Å². The second-order valence-corrected chi connectivity index (χ2v) is 8.24. The van der Waals surface area contributed by atoms with Crippen LogP contribution in [0.25, 0.3) is 0 Å². The molecule has 0 heterocycles. The highest BCUT2D eigenvalue weighted by molar-refractivity contribution is 7.91. The Morgan fingerprint density at radius 2 is 1.86 bits per heavy atom. The Morgan fingerprint density at radius 1 is 1.29 bits per heavy atom. The fourth-order valence-corrected chi connectivity index (χ4v) is 3.55. The van der Waals surface area contributed by atoms with Gasteiger partial charge in [0.2, 0.25) is 0 Å². The third kappa shape index (κ3) is 5.14. The van der Waals surface area contributed by atoms with Crippen molar-refractivity contribution in [2.24, 2.45) is 0 Å². The number of carbonyl (C=O) groups is 1. The Hall–Kier alpha value is -0.820. The quantitative estimate of drug-likeness (QED) is 0.877. The van der Waals surface area contributed by atoms with E-state index in [-0.39, 0.29) is 32.9 Å². The molecule has 8 heteroatoms. The predicted octanol–water partition coefficient (Wildman–Crippen LogP) is 3.28. The van der Waals surface area contributed by atoms with E-state index in [1.807, 2.05) is 0 Å². The molecule has 1 aromatic carbocycles. The number of hydrogen-bond donors (Lipinski definition) is 1. The minimum absolute atomic E-state index is 0.00730. The lowest BCUT2D eigenvalue weighted by atomic mass is 10.2. The van der Waals surface area contributed by atoms with Gasteiger partial charge in [-0.05, 0) is 32.9 Å². The molecule has 0 fully saturated rings. The second-order valence-electron chi connectivity index (χ2n) is 5.35. The van der Waals surface area contributed by atoms with Gasteiger partial charge in [-0.25, -0.2) is 13.2 Å². The predicted molar refractivity (Wildman–Crippen MR) is 81.2 cm³/mol. The van der Waals surface area contributed by atoms with E-state index >= 15 is 0 Å². The van der Waals surface area contributed by atoms with Gasteiger partial charge in [-0.3, -0.25) is 0 Å². The normalized spacial score (nSPS) is 12.4. The van der Waals surface area contributed by atoms with Crippen molar-refractivity contribution in [3.05, 3.63) is 27.7 Å². The zero-order chi connectivity index (χ0) is 16.4. The van der Waals surface area contributed by atoms with Gasteiger partial charge in [0.15, 0.2) is 9.84 Å². The first kappa shape index (κ1) is 18.2. The molecule has 0 aliphatic rings. The fourth-order valence-electron chi connectivity index (χ4n) is 1.51. The molecule has 0 saturated heterocycles. The fraction of sp³-hybridized carbons (Fsp3) is 0.462. The van der Waals surface area contributed by atoms with Crippen molar-refractivity contribution in [1.29, 1.82) is 0 Å².